The van der Waals surface area contributed by atoms with E-state index in [9.17, 15) is 13.2 Å². The van der Waals surface area contributed by atoms with Gasteiger partial charge in [-0.05, 0) is 48.6 Å². The van der Waals surface area contributed by atoms with Crippen LogP contribution in [0.2, 0.25) is 0 Å². The van der Waals surface area contributed by atoms with Crippen molar-refractivity contribution in [2.75, 3.05) is 13.1 Å². The van der Waals surface area contributed by atoms with E-state index in [2.05, 4.69) is 20.3 Å². The van der Waals surface area contributed by atoms with Gasteiger partial charge in [-0.2, -0.15) is 4.31 Å². The van der Waals surface area contributed by atoms with Crippen molar-refractivity contribution in [3.05, 3.63) is 18.2 Å². The average Bonchev–Trinajstić information content (AvgIpc) is 3.10. The Labute approximate surface area is 146 Å². The van der Waals surface area contributed by atoms with Crippen LogP contribution in [0.1, 0.15) is 33.1 Å². The van der Waals surface area contributed by atoms with Gasteiger partial charge >= 0.3 is 0 Å². The van der Waals surface area contributed by atoms with Crippen molar-refractivity contribution < 1.29 is 17.8 Å². The summed E-state index contributed by atoms with van der Waals surface area (Å²) < 4.78 is 31.9. The van der Waals surface area contributed by atoms with Crippen molar-refractivity contribution in [3.63, 3.8) is 0 Å². The van der Waals surface area contributed by atoms with Gasteiger partial charge in [0.25, 0.3) is 0 Å². The summed E-state index contributed by atoms with van der Waals surface area (Å²) in [6.45, 7) is 4.59. The maximum atomic E-state index is 12.9. The first-order chi connectivity index (χ1) is 11.9. The third-order valence-electron chi connectivity index (χ3n) is 4.69. The molecule has 1 atom stereocenters. The minimum absolute atomic E-state index is 0.00852. The van der Waals surface area contributed by atoms with Crippen molar-refractivity contribution in [2.45, 2.75) is 44.0 Å². The second-order valence-electron chi connectivity index (χ2n) is 6.38. The molecule has 0 saturated carbocycles. The fraction of sp³-hybridized carbons (Fsp3) is 0.562. The second-order valence-corrected chi connectivity index (χ2v) is 8.29. The number of nitrogens with one attached hydrogen (secondary N) is 1. The summed E-state index contributed by atoms with van der Waals surface area (Å²) in [4.78, 5) is 12.3. The molecule has 0 radical (unpaired) electrons. The Balaban J connectivity index is 1.72. The van der Waals surface area contributed by atoms with Crippen LogP contribution in [0.5, 0.6) is 0 Å². The van der Waals surface area contributed by atoms with Gasteiger partial charge in [0.15, 0.2) is 5.52 Å². The van der Waals surface area contributed by atoms with Crippen LogP contribution in [-0.2, 0) is 14.8 Å². The number of rotatable bonds is 5. The largest absolute Gasteiger partial charge is 0.353 e. The average molecular weight is 366 g/mol. The number of carbonyl (C=O) groups excluding carboxylic acids is 1. The number of hydrogen-bond acceptors (Lipinski definition) is 6. The van der Waals surface area contributed by atoms with Crippen LogP contribution in [0.3, 0.4) is 0 Å². The first kappa shape index (κ1) is 17.8. The van der Waals surface area contributed by atoms with Crippen molar-refractivity contribution in [1.82, 2.24) is 19.9 Å². The topological polar surface area (TPSA) is 105 Å². The number of carbonyl (C=O) groups is 1. The Morgan fingerprint density at radius 1 is 1.36 bits per heavy atom. The summed E-state index contributed by atoms with van der Waals surface area (Å²) in [7, 11) is -3.70. The molecule has 1 amide bonds. The SMILES string of the molecule is CC[C@@H](C)NC(=O)C1CCN(S(=O)(=O)c2cccc3nonc23)CC1. The number of amides is 1. The third-order valence-corrected chi connectivity index (χ3v) is 6.62. The van der Waals surface area contributed by atoms with E-state index >= 15 is 0 Å². The summed E-state index contributed by atoms with van der Waals surface area (Å²) in [5, 5.41) is 10.4. The first-order valence-corrected chi connectivity index (χ1v) is 9.89. The van der Waals surface area contributed by atoms with Crippen LogP contribution < -0.4 is 5.32 Å². The van der Waals surface area contributed by atoms with E-state index in [1.165, 1.54) is 10.4 Å². The molecule has 25 heavy (non-hydrogen) atoms. The minimum Gasteiger partial charge on any atom is -0.353 e. The molecule has 1 aliphatic heterocycles. The summed E-state index contributed by atoms with van der Waals surface area (Å²) in [6.07, 6.45) is 1.89. The zero-order chi connectivity index (χ0) is 18.0. The molecule has 136 valence electrons. The highest BCUT2D eigenvalue weighted by molar-refractivity contribution is 7.89. The molecular weight excluding hydrogens is 344 g/mol. The second kappa shape index (κ2) is 7.09. The van der Waals surface area contributed by atoms with E-state index in [-0.39, 0.29) is 28.3 Å². The van der Waals surface area contributed by atoms with Crippen molar-refractivity contribution in [1.29, 1.82) is 0 Å². The molecule has 1 fully saturated rings. The molecule has 1 aromatic carbocycles. The van der Waals surface area contributed by atoms with Crippen molar-refractivity contribution in [2.24, 2.45) is 5.92 Å². The highest BCUT2D eigenvalue weighted by Crippen LogP contribution is 2.27. The van der Waals surface area contributed by atoms with E-state index < -0.39 is 10.0 Å². The molecule has 9 heteroatoms. The molecule has 1 saturated heterocycles. The predicted molar refractivity (Wildman–Crippen MR) is 91.2 cm³/mol. The van der Waals surface area contributed by atoms with E-state index in [0.717, 1.165) is 6.42 Å². The van der Waals surface area contributed by atoms with Gasteiger partial charge < -0.3 is 5.32 Å². The lowest BCUT2D eigenvalue weighted by molar-refractivity contribution is -0.126. The Kier molecular flexibility index (Phi) is 5.05. The molecule has 3 rings (SSSR count). The highest BCUT2D eigenvalue weighted by atomic mass is 32.2. The van der Waals surface area contributed by atoms with Gasteiger partial charge in [0.1, 0.15) is 10.4 Å². The van der Waals surface area contributed by atoms with Crippen LogP contribution in [0.25, 0.3) is 11.0 Å². The van der Waals surface area contributed by atoms with Crippen LogP contribution >= 0.6 is 0 Å². The fourth-order valence-corrected chi connectivity index (χ4v) is 4.56. The Hall–Kier alpha value is -2.00. The molecule has 0 unspecified atom stereocenters. The zero-order valence-electron chi connectivity index (χ0n) is 14.3. The molecule has 0 bridgehead atoms. The van der Waals surface area contributed by atoms with Crippen molar-refractivity contribution >= 4 is 27.0 Å². The molecule has 1 N–H and O–H groups in total. The molecule has 0 spiro atoms. The van der Waals surface area contributed by atoms with E-state index in [4.69, 9.17) is 0 Å². The lowest BCUT2D eigenvalue weighted by atomic mass is 9.97. The fourth-order valence-electron chi connectivity index (χ4n) is 2.95. The summed E-state index contributed by atoms with van der Waals surface area (Å²) in [6, 6.07) is 4.90. The first-order valence-electron chi connectivity index (χ1n) is 8.45. The highest BCUT2D eigenvalue weighted by Gasteiger charge is 2.33. The number of benzene rings is 1. The van der Waals surface area contributed by atoms with Gasteiger partial charge in [-0.15, -0.1) is 0 Å². The molecule has 0 aliphatic carbocycles. The summed E-state index contributed by atoms with van der Waals surface area (Å²) in [5.41, 5.74) is 0.642. The smallest absolute Gasteiger partial charge is 0.245 e. The van der Waals surface area contributed by atoms with E-state index in [0.29, 0.717) is 31.4 Å². The quantitative estimate of drug-likeness (QED) is 0.860. The van der Waals surface area contributed by atoms with Crippen molar-refractivity contribution in [3.8, 4) is 0 Å². The number of piperidine rings is 1. The van der Waals surface area contributed by atoms with Gasteiger partial charge in [0.2, 0.25) is 15.9 Å². The maximum absolute atomic E-state index is 12.9. The molecule has 8 nitrogen and oxygen atoms in total. The molecular formula is C16H22N4O4S. The van der Waals surface area contributed by atoms with Crippen LogP contribution in [0, 0.1) is 5.92 Å². The monoisotopic (exact) mass is 366 g/mol. The Bertz CT molecular complexity index is 856. The zero-order valence-corrected chi connectivity index (χ0v) is 15.1. The number of sulfonamides is 1. The van der Waals surface area contributed by atoms with Gasteiger partial charge in [-0.25, -0.2) is 13.0 Å². The maximum Gasteiger partial charge on any atom is 0.245 e. The molecule has 1 aromatic heterocycles. The number of nitrogens with zero attached hydrogens (tertiary/aromatic N) is 3. The lowest BCUT2D eigenvalue weighted by Crippen LogP contribution is -2.44. The Morgan fingerprint density at radius 3 is 2.76 bits per heavy atom. The Morgan fingerprint density at radius 2 is 2.08 bits per heavy atom. The van der Waals surface area contributed by atoms with Crippen LogP contribution in [0.15, 0.2) is 27.7 Å². The van der Waals surface area contributed by atoms with Gasteiger partial charge in [-0.3, -0.25) is 4.79 Å². The number of fused-ring (bicyclic) bond motifs is 1. The van der Waals surface area contributed by atoms with Gasteiger partial charge in [-0.1, -0.05) is 13.0 Å². The standard InChI is InChI=1S/C16H22N4O4S/c1-3-11(2)17-16(21)12-7-9-20(10-8-12)25(22,23)14-6-4-5-13-15(14)19-24-18-13/h4-6,11-12H,3,7-10H2,1-2H3,(H,17,21)/t11-/m1/s1. The lowest BCUT2D eigenvalue weighted by Gasteiger charge is -2.31. The molecule has 2 heterocycles. The van der Waals surface area contributed by atoms with Crippen LogP contribution in [0.4, 0.5) is 0 Å². The third kappa shape index (κ3) is 3.52. The molecule has 1 aliphatic rings. The molecule has 2 aromatic rings. The van der Waals surface area contributed by atoms with Gasteiger partial charge in [0.05, 0.1) is 0 Å². The van der Waals surface area contributed by atoms with E-state index in [1.807, 2.05) is 13.8 Å². The predicted octanol–water partition coefficient (Wildman–Crippen LogP) is 1.54. The van der Waals surface area contributed by atoms with Gasteiger partial charge in [0, 0.05) is 25.0 Å². The number of hydrogen-bond donors (Lipinski definition) is 1. The van der Waals surface area contributed by atoms with Crippen LogP contribution in [-0.4, -0.2) is 48.1 Å². The summed E-state index contributed by atoms with van der Waals surface area (Å²) in [5.74, 6) is -0.140. The van der Waals surface area contributed by atoms with E-state index in [1.54, 1.807) is 12.1 Å². The normalized spacial score (nSPS) is 18.3. The summed E-state index contributed by atoms with van der Waals surface area (Å²) >= 11 is 0. The number of aromatic nitrogens is 2. The minimum atomic E-state index is -3.70.